The summed E-state index contributed by atoms with van der Waals surface area (Å²) in [4.78, 5) is 1.32. The fraction of sp³-hybridized carbons (Fsp3) is 1.00. The fourth-order valence-electron chi connectivity index (χ4n) is 0.309. The van der Waals surface area contributed by atoms with Crippen molar-refractivity contribution in [1.29, 1.82) is 0 Å². The van der Waals surface area contributed by atoms with Crippen molar-refractivity contribution in [3.8, 4) is 0 Å². The van der Waals surface area contributed by atoms with Gasteiger partial charge in [0.15, 0.2) is 0 Å². The minimum absolute atomic E-state index is 0.176. The first-order valence-corrected chi connectivity index (χ1v) is 2.28. The number of aliphatic hydroxyl groups excluding tert-OH is 2. The van der Waals surface area contributed by atoms with Crippen molar-refractivity contribution in [2.45, 2.75) is 0 Å². The molecule has 0 aliphatic carbocycles. The van der Waals surface area contributed by atoms with E-state index in [1.165, 1.54) is 12.0 Å². The van der Waals surface area contributed by atoms with E-state index in [4.69, 9.17) is 10.2 Å². The molecule has 0 heterocycles. The van der Waals surface area contributed by atoms with Crippen LogP contribution in [0.1, 0.15) is 0 Å². The summed E-state index contributed by atoms with van der Waals surface area (Å²) in [5, 5.41) is 16.7. The average molecular weight is 121 g/mol. The summed E-state index contributed by atoms with van der Waals surface area (Å²) in [6, 6.07) is 0. The van der Waals surface area contributed by atoms with Gasteiger partial charge in [-0.3, -0.25) is 0 Å². The molecule has 0 atom stereocenters. The van der Waals surface area contributed by atoms with Crippen LogP contribution in [0.3, 0.4) is 0 Å². The van der Waals surface area contributed by atoms with E-state index in [1.807, 2.05) is 0 Å². The standard InChI is InChI=1S/C4H11NO3/c1-8-4-5(2-6)3-7/h6-7H,2-4H2,1H3. The Morgan fingerprint density at radius 3 is 2.00 bits per heavy atom. The molecule has 0 aromatic rings. The third-order valence-electron chi connectivity index (χ3n) is 0.712. The maximum atomic E-state index is 8.34. The van der Waals surface area contributed by atoms with Gasteiger partial charge in [0.05, 0.1) is 13.5 Å². The van der Waals surface area contributed by atoms with Crippen molar-refractivity contribution in [3.05, 3.63) is 0 Å². The molecule has 0 unspecified atom stereocenters. The second-order valence-electron chi connectivity index (χ2n) is 1.37. The Morgan fingerprint density at radius 2 is 1.88 bits per heavy atom. The van der Waals surface area contributed by atoms with Crippen molar-refractivity contribution in [2.24, 2.45) is 0 Å². The smallest absolute Gasteiger partial charge is 0.102 e. The monoisotopic (exact) mass is 121 g/mol. The zero-order valence-electron chi connectivity index (χ0n) is 4.87. The van der Waals surface area contributed by atoms with E-state index in [0.717, 1.165) is 0 Å². The molecule has 0 rings (SSSR count). The molecule has 8 heavy (non-hydrogen) atoms. The number of aliphatic hydroxyl groups is 2. The van der Waals surface area contributed by atoms with Crippen LogP contribution < -0.4 is 0 Å². The first kappa shape index (κ1) is 7.84. The molecular weight excluding hydrogens is 110 g/mol. The van der Waals surface area contributed by atoms with E-state index in [9.17, 15) is 0 Å². The predicted molar refractivity (Wildman–Crippen MR) is 27.9 cm³/mol. The van der Waals surface area contributed by atoms with Crippen LogP contribution in [0.25, 0.3) is 0 Å². The van der Waals surface area contributed by atoms with E-state index < -0.39 is 0 Å². The zero-order chi connectivity index (χ0) is 6.41. The van der Waals surface area contributed by atoms with Crippen LogP contribution in [-0.2, 0) is 4.74 Å². The van der Waals surface area contributed by atoms with Gasteiger partial charge in [0.25, 0.3) is 0 Å². The summed E-state index contributed by atoms with van der Waals surface area (Å²) >= 11 is 0. The third kappa shape index (κ3) is 2.92. The van der Waals surface area contributed by atoms with Gasteiger partial charge < -0.3 is 14.9 Å². The van der Waals surface area contributed by atoms with Gasteiger partial charge in [0, 0.05) is 7.11 Å². The van der Waals surface area contributed by atoms with Crippen LogP contribution >= 0.6 is 0 Å². The van der Waals surface area contributed by atoms with Crippen molar-refractivity contribution in [2.75, 3.05) is 27.3 Å². The molecule has 50 valence electrons. The summed E-state index contributed by atoms with van der Waals surface area (Å²) < 4.78 is 4.59. The van der Waals surface area contributed by atoms with E-state index in [-0.39, 0.29) is 20.2 Å². The molecule has 4 nitrogen and oxygen atoms in total. The molecule has 0 bridgehead atoms. The molecule has 4 heteroatoms. The first-order valence-electron chi connectivity index (χ1n) is 2.28. The molecular formula is C4H11NO3. The zero-order valence-corrected chi connectivity index (χ0v) is 4.87. The number of hydrogen-bond donors (Lipinski definition) is 2. The van der Waals surface area contributed by atoms with E-state index in [1.54, 1.807) is 0 Å². The molecule has 0 spiro atoms. The Labute approximate surface area is 48.3 Å². The van der Waals surface area contributed by atoms with E-state index in [0.29, 0.717) is 0 Å². The van der Waals surface area contributed by atoms with Gasteiger partial charge in [-0.1, -0.05) is 0 Å². The van der Waals surface area contributed by atoms with Crippen molar-refractivity contribution >= 4 is 0 Å². The molecule has 0 saturated heterocycles. The molecule has 0 radical (unpaired) electrons. The topological polar surface area (TPSA) is 52.9 Å². The lowest BCUT2D eigenvalue weighted by atomic mass is 10.9. The summed E-state index contributed by atoms with van der Waals surface area (Å²) in [5.41, 5.74) is 0. The normalized spacial score (nSPS) is 10.5. The van der Waals surface area contributed by atoms with Crippen LogP contribution in [0.15, 0.2) is 0 Å². The van der Waals surface area contributed by atoms with Crippen molar-refractivity contribution in [1.82, 2.24) is 4.90 Å². The Kier molecular flexibility index (Phi) is 4.89. The predicted octanol–water partition coefficient (Wildman–Crippen LogP) is -1.21. The maximum Gasteiger partial charge on any atom is 0.102 e. The summed E-state index contributed by atoms with van der Waals surface area (Å²) in [6.07, 6.45) is 0. The molecule has 0 aliphatic rings. The highest BCUT2D eigenvalue weighted by molar-refractivity contribution is 4.30. The van der Waals surface area contributed by atoms with Crippen LogP contribution in [-0.4, -0.2) is 42.4 Å². The summed E-state index contributed by atoms with van der Waals surface area (Å²) in [5.74, 6) is 0. The van der Waals surface area contributed by atoms with Gasteiger partial charge in [-0.15, -0.1) is 0 Å². The Hall–Kier alpha value is -0.160. The van der Waals surface area contributed by atoms with Gasteiger partial charge in [-0.2, -0.15) is 0 Å². The number of rotatable bonds is 4. The molecule has 2 N–H and O–H groups in total. The van der Waals surface area contributed by atoms with Gasteiger partial charge >= 0.3 is 0 Å². The van der Waals surface area contributed by atoms with Crippen LogP contribution in [0.2, 0.25) is 0 Å². The van der Waals surface area contributed by atoms with Gasteiger partial charge in [0.2, 0.25) is 0 Å². The lowest BCUT2D eigenvalue weighted by Gasteiger charge is -2.13. The fourth-order valence-corrected chi connectivity index (χ4v) is 0.309. The van der Waals surface area contributed by atoms with Crippen molar-refractivity contribution < 1.29 is 14.9 Å². The first-order chi connectivity index (χ1) is 3.85. The second kappa shape index (κ2) is 4.99. The van der Waals surface area contributed by atoms with Crippen LogP contribution in [0.4, 0.5) is 0 Å². The van der Waals surface area contributed by atoms with Crippen LogP contribution in [0, 0.1) is 0 Å². The second-order valence-corrected chi connectivity index (χ2v) is 1.37. The minimum Gasteiger partial charge on any atom is -0.381 e. The number of ether oxygens (including phenoxy) is 1. The number of nitrogens with zero attached hydrogens (tertiary/aromatic N) is 1. The summed E-state index contributed by atoms with van der Waals surface area (Å²) in [6.45, 7) is -0.0956. The molecule has 0 aliphatic heterocycles. The molecule has 0 amide bonds. The van der Waals surface area contributed by atoms with Gasteiger partial charge in [-0.05, 0) is 0 Å². The lowest BCUT2D eigenvalue weighted by molar-refractivity contribution is -0.0428. The van der Waals surface area contributed by atoms with Gasteiger partial charge in [0.1, 0.15) is 6.73 Å². The number of methoxy groups -OCH3 is 1. The highest BCUT2D eigenvalue weighted by atomic mass is 16.5. The molecule has 0 aromatic carbocycles. The minimum atomic E-state index is -0.176. The third-order valence-corrected chi connectivity index (χ3v) is 0.712. The van der Waals surface area contributed by atoms with Gasteiger partial charge in [-0.25, -0.2) is 4.90 Å². The lowest BCUT2D eigenvalue weighted by Crippen LogP contribution is -2.27. The Balaban J connectivity index is 3.07. The van der Waals surface area contributed by atoms with Crippen molar-refractivity contribution in [3.63, 3.8) is 0 Å². The van der Waals surface area contributed by atoms with E-state index >= 15 is 0 Å². The largest absolute Gasteiger partial charge is 0.381 e. The molecule has 0 aromatic heterocycles. The Morgan fingerprint density at radius 1 is 1.38 bits per heavy atom. The maximum absolute atomic E-state index is 8.34. The molecule has 0 saturated carbocycles. The molecule has 0 fully saturated rings. The van der Waals surface area contributed by atoms with Crippen LogP contribution in [0.5, 0.6) is 0 Å². The highest BCUT2D eigenvalue weighted by Gasteiger charge is 1.95. The SMILES string of the molecule is COCN(CO)CO. The summed E-state index contributed by atoms with van der Waals surface area (Å²) in [7, 11) is 1.50. The quantitative estimate of drug-likeness (QED) is 0.458. The Bertz CT molecular complexity index is 46.5. The highest BCUT2D eigenvalue weighted by Crippen LogP contribution is 1.80. The average Bonchev–Trinajstić information content (AvgIpc) is 1.83. The number of hydrogen-bond acceptors (Lipinski definition) is 4. The van der Waals surface area contributed by atoms with E-state index in [2.05, 4.69) is 4.74 Å².